The molecule has 1 heterocycles. The largest absolute Gasteiger partial charge is 0.476 e. The van der Waals surface area contributed by atoms with E-state index in [1.165, 1.54) is 0 Å². The number of carbonyl (C=O) groups is 2. The van der Waals surface area contributed by atoms with Crippen molar-refractivity contribution in [1.82, 2.24) is 4.98 Å². The van der Waals surface area contributed by atoms with Crippen molar-refractivity contribution in [3.05, 3.63) is 38.6 Å². The minimum atomic E-state index is -1.48. The average molecular weight is 391 g/mol. The summed E-state index contributed by atoms with van der Waals surface area (Å²) in [6.45, 7) is 0. The molecular formula is C11H5Br2NO5. The number of carboxylic acid groups (broad SMARTS) is 2. The molecule has 98 valence electrons. The molecule has 0 fully saturated rings. The second kappa shape index (κ2) is 5.14. The van der Waals surface area contributed by atoms with Gasteiger partial charge in [-0.15, -0.1) is 0 Å². The van der Waals surface area contributed by atoms with Crippen LogP contribution in [0.15, 0.2) is 31.6 Å². The maximum absolute atomic E-state index is 10.9. The lowest BCUT2D eigenvalue weighted by molar-refractivity contribution is 0.0624. The van der Waals surface area contributed by atoms with Crippen LogP contribution in [0.4, 0.5) is 0 Å². The molecule has 19 heavy (non-hydrogen) atoms. The van der Waals surface area contributed by atoms with Crippen LogP contribution in [0.3, 0.4) is 0 Å². The number of benzene rings is 1. The molecule has 0 aliphatic rings. The van der Waals surface area contributed by atoms with Crippen LogP contribution >= 0.6 is 31.9 Å². The van der Waals surface area contributed by atoms with Gasteiger partial charge in [-0.3, -0.25) is 0 Å². The Kier molecular flexibility index (Phi) is 3.72. The minimum absolute atomic E-state index is 0.0806. The van der Waals surface area contributed by atoms with E-state index in [9.17, 15) is 9.59 Å². The van der Waals surface area contributed by atoms with Gasteiger partial charge in [-0.25, -0.2) is 14.6 Å². The van der Waals surface area contributed by atoms with E-state index < -0.39 is 23.4 Å². The molecular weight excluding hydrogens is 386 g/mol. The van der Waals surface area contributed by atoms with Crippen LogP contribution in [0.5, 0.6) is 0 Å². The Bertz CT molecular complexity index is 648. The number of oxazole rings is 1. The van der Waals surface area contributed by atoms with Gasteiger partial charge in [0.05, 0.1) is 5.56 Å². The van der Waals surface area contributed by atoms with E-state index in [1.54, 1.807) is 18.2 Å². The number of hydrogen-bond acceptors (Lipinski definition) is 4. The molecule has 0 spiro atoms. The number of aromatic carboxylic acids is 2. The molecule has 2 aromatic rings. The summed E-state index contributed by atoms with van der Waals surface area (Å²) in [4.78, 5) is 25.5. The standard InChI is InChI=1S/C11H5Br2NO5/c12-4-1-2-6(13)5(3-4)9-14-7(10(15)16)8(19-9)11(17)18/h1-3H,(H,15,16)(H,17,18). The van der Waals surface area contributed by atoms with Crippen LogP contribution in [0.25, 0.3) is 11.5 Å². The molecule has 0 atom stereocenters. The van der Waals surface area contributed by atoms with Gasteiger partial charge in [0.1, 0.15) is 0 Å². The SMILES string of the molecule is O=C(O)c1nc(-c2cc(Br)ccc2Br)oc1C(=O)O. The van der Waals surface area contributed by atoms with Gasteiger partial charge in [0, 0.05) is 8.95 Å². The van der Waals surface area contributed by atoms with Gasteiger partial charge in [-0.05, 0) is 34.1 Å². The van der Waals surface area contributed by atoms with Crippen LogP contribution in [0.2, 0.25) is 0 Å². The van der Waals surface area contributed by atoms with Gasteiger partial charge in [0.15, 0.2) is 0 Å². The molecule has 1 aromatic carbocycles. The molecule has 0 saturated carbocycles. The fourth-order valence-electron chi connectivity index (χ4n) is 1.39. The molecule has 0 unspecified atom stereocenters. The maximum Gasteiger partial charge on any atom is 0.374 e. The van der Waals surface area contributed by atoms with E-state index in [0.717, 1.165) is 4.47 Å². The lowest BCUT2D eigenvalue weighted by Crippen LogP contribution is -2.05. The van der Waals surface area contributed by atoms with E-state index in [2.05, 4.69) is 36.8 Å². The van der Waals surface area contributed by atoms with Crippen LogP contribution in [-0.4, -0.2) is 27.1 Å². The van der Waals surface area contributed by atoms with Crippen molar-refractivity contribution in [3.63, 3.8) is 0 Å². The third-order valence-corrected chi connectivity index (χ3v) is 3.37. The molecule has 0 aliphatic heterocycles. The Morgan fingerprint density at radius 2 is 1.84 bits per heavy atom. The monoisotopic (exact) mass is 389 g/mol. The molecule has 0 amide bonds. The highest BCUT2D eigenvalue weighted by Gasteiger charge is 2.26. The lowest BCUT2D eigenvalue weighted by atomic mass is 10.2. The van der Waals surface area contributed by atoms with Gasteiger partial charge < -0.3 is 14.6 Å². The summed E-state index contributed by atoms with van der Waals surface area (Å²) in [6.07, 6.45) is 0. The highest BCUT2D eigenvalue weighted by Crippen LogP contribution is 2.31. The zero-order valence-corrected chi connectivity index (χ0v) is 12.2. The Hall–Kier alpha value is -1.67. The minimum Gasteiger partial charge on any atom is -0.476 e. The van der Waals surface area contributed by atoms with Gasteiger partial charge in [-0.1, -0.05) is 15.9 Å². The topological polar surface area (TPSA) is 101 Å². The summed E-state index contributed by atoms with van der Waals surface area (Å²) >= 11 is 6.51. The molecule has 0 radical (unpaired) electrons. The second-order valence-corrected chi connectivity index (χ2v) is 5.20. The molecule has 1 aromatic heterocycles. The first-order valence-corrected chi connectivity index (χ1v) is 6.41. The van der Waals surface area contributed by atoms with E-state index in [4.69, 9.17) is 14.6 Å². The Labute approximate surface area is 123 Å². The van der Waals surface area contributed by atoms with E-state index in [0.29, 0.717) is 10.0 Å². The maximum atomic E-state index is 10.9. The predicted octanol–water partition coefficient (Wildman–Crippen LogP) is 3.26. The number of nitrogens with zero attached hydrogens (tertiary/aromatic N) is 1. The molecule has 8 heteroatoms. The first kappa shape index (κ1) is 13.8. The molecule has 0 saturated heterocycles. The summed E-state index contributed by atoms with van der Waals surface area (Å²) in [7, 11) is 0. The fraction of sp³-hybridized carbons (Fsp3) is 0. The van der Waals surface area contributed by atoms with E-state index >= 15 is 0 Å². The normalized spacial score (nSPS) is 10.4. The van der Waals surface area contributed by atoms with Crippen LogP contribution in [-0.2, 0) is 0 Å². The van der Waals surface area contributed by atoms with Gasteiger partial charge in [0.25, 0.3) is 0 Å². The summed E-state index contributed by atoms with van der Waals surface area (Å²) in [5, 5.41) is 17.8. The third-order valence-electron chi connectivity index (χ3n) is 2.18. The first-order valence-electron chi connectivity index (χ1n) is 4.83. The van der Waals surface area contributed by atoms with Crippen molar-refractivity contribution in [1.29, 1.82) is 0 Å². The Morgan fingerprint density at radius 3 is 2.37 bits per heavy atom. The summed E-state index contributed by atoms with van der Waals surface area (Å²) in [5.74, 6) is -3.72. The van der Waals surface area contributed by atoms with Crippen molar-refractivity contribution in [2.45, 2.75) is 0 Å². The summed E-state index contributed by atoms with van der Waals surface area (Å²) < 4.78 is 6.34. The second-order valence-electron chi connectivity index (χ2n) is 3.43. The first-order chi connectivity index (χ1) is 8.90. The van der Waals surface area contributed by atoms with E-state index in [1.807, 2.05) is 0 Å². The lowest BCUT2D eigenvalue weighted by Gasteiger charge is -1.99. The highest BCUT2D eigenvalue weighted by molar-refractivity contribution is 9.11. The molecule has 0 bridgehead atoms. The predicted molar refractivity (Wildman–Crippen MR) is 71.3 cm³/mol. The molecule has 0 aliphatic carbocycles. The Balaban J connectivity index is 2.64. The number of hydrogen-bond donors (Lipinski definition) is 2. The molecule has 6 nitrogen and oxygen atoms in total. The Morgan fingerprint density at radius 1 is 1.16 bits per heavy atom. The van der Waals surface area contributed by atoms with Gasteiger partial charge in [0.2, 0.25) is 17.3 Å². The average Bonchev–Trinajstić information content (AvgIpc) is 2.77. The van der Waals surface area contributed by atoms with Crippen molar-refractivity contribution in [2.24, 2.45) is 0 Å². The van der Waals surface area contributed by atoms with Crippen LogP contribution < -0.4 is 0 Å². The number of aromatic nitrogens is 1. The highest BCUT2D eigenvalue weighted by atomic mass is 79.9. The van der Waals surface area contributed by atoms with E-state index in [-0.39, 0.29) is 5.89 Å². The smallest absolute Gasteiger partial charge is 0.374 e. The summed E-state index contributed by atoms with van der Waals surface area (Å²) in [6, 6.07) is 5.09. The van der Waals surface area contributed by atoms with Crippen molar-refractivity contribution in [2.75, 3.05) is 0 Å². The van der Waals surface area contributed by atoms with Crippen LogP contribution in [0.1, 0.15) is 21.0 Å². The molecule has 2 N–H and O–H groups in total. The van der Waals surface area contributed by atoms with Crippen molar-refractivity contribution >= 4 is 43.8 Å². The van der Waals surface area contributed by atoms with Gasteiger partial charge >= 0.3 is 11.9 Å². The third kappa shape index (κ3) is 2.69. The van der Waals surface area contributed by atoms with Crippen molar-refractivity contribution in [3.8, 4) is 11.5 Å². The zero-order valence-electron chi connectivity index (χ0n) is 9.05. The molecule has 2 rings (SSSR count). The summed E-state index contributed by atoms with van der Waals surface area (Å²) in [5.41, 5.74) is -0.182. The van der Waals surface area contributed by atoms with Crippen LogP contribution in [0, 0.1) is 0 Å². The number of halogens is 2. The fourth-order valence-corrected chi connectivity index (χ4v) is 2.16. The number of rotatable bonds is 3. The quantitative estimate of drug-likeness (QED) is 0.834. The number of carboxylic acids is 2. The van der Waals surface area contributed by atoms with Gasteiger partial charge in [-0.2, -0.15) is 0 Å². The van der Waals surface area contributed by atoms with Crippen molar-refractivity contribution < 1.29 is 24.2 Å². The zero-order chi connectivity index (χ0) is 14.2.